The largest absolute Gasteiger partial charge is 0.481 e. The van der Waals surface area contributed by atoms with Crippen LogP contribution in [0.2, 0.25) is 0 Å². The van der Waals surface area contributed by atoms with Crippen LogP contribution in [0.15, 0.2) is 0 Å². The molecule has 0 aromatic heterocycles. The highest BCUT2D eigenvalue weighted by molar-refractivity contribution is 5.89. The Morgan fingerprint density at radius 2 is 1.88 bits per heavy atom. The van der Waals surface area contributed by atoms with E-state index in [1.165, 1.54) is 0 Å². The van der Waals surface area contributed by atoms with Crippen molar-refractivity contribution in [1.29, 1.82) is 0 Å². The molecule has 7 nitrogen and oxygen atoms in total. The number of aliphatic carboxylic acids is 1. The van der Waals surface area contributed by atoms with Crippen LogP contribution >= 0.6 is 12.4 Å². The number of carboxylic acids is 1. The third-order valence-electron chi connectivity index (χ3n) is 2.08. The number of hydrogen-bond acceptors (Lipinski definition) is 4. The van der Waals surface area contributed by atoms with E-state index in [-0.39, 0.29) is 25.2 Å². The van der Waals surface area contributed by atoms with Gasteiger partial charge in [0.15, 0.2) is 0 Å². The summed E-state index contributed by atoms with van der Waals surface area (Å²) in [6.07, 6.45) is 0.151. The minimum absolute atomic E-state index is 0. The highest BCUT2D eigenvalue weighted by atomic mass is 35.5. The van der Waals surface area contributed by atoms with Crippen LogP contribution in [-0.4, -0.2) is 35.0 Å². The van der Waals surface area contributed by atoms with Gasteiger partial charge in [-0.3, -0.25) is 14.4 Å². The van der Waals surface area contributed by atoms with Crippen molar-refractivity contribution in [3.05, 3.63) is 0 Å². The Morgan fingerprint density at radius 1 is 1.35 bits per heavy atom. The van der Waals surface area contributed by atoms with Crippen molar-refractivity contribution in [3.63, 3.8) is 0 Å². The molecule has 0 aromatic rings. The molecule has 0 spiro atoms. The van der Waals surface area contributed by atoms with Crippen molar-refractivity contribution in [2.24, 2.45) is 11.5 Å². The summed E-state index contributed by atoms with van der Waals surface area (Å²) in [7, 11) is 0. The number of halogens is 1. The van der Waals surface area contributed by atoms with E-state index in [1.54, 1.807) is 6.92 Å². The average molecular weight is 268 g/mol. The quantitative estimate of drug-likeness (QED) is 0.468. The van der Waals surface area contributed by atoms with Gasteiger partial charge in [0.2, 0.25) is 11.8 Å². The Hall–Kier alpha value is -1.34. The van der Waals surface area contributed by atoms with Gasteiger partial charge in [-0.05, 0) is 12.8 Å². The standard InChI is InChI=1S/C9H17N3O4.ClH/c1-2-5(10)9(16)12-6(8(11)15)3-4-7(13)14;/h5-6H,2-4,10H2,1H3,(H2,11,15)(H,12,16)(H,13,14);1H. The van der Waals surface area contributed by atoms with Gasteiger partial charge in [0.1, 0.15) is 6.04 Å². The molecule has 8 heteroatoms. The fourth-order valence-electron chi connectivity index (χ4n) is 1.02. The molecule has 0 fully saturated rings. The zero-order chi connectivity index (χ0) is 12.7. The molecule has 2 unspecified atom stereocenters. The number of nitrogens with two attached hydrogens (primary N) is 2. The van der Waals surface area contributed by atoms with Crippen molar-refractivity contribution in [2.75, 3.05) is 0 Å². The average Bonchev–Trinajstić information content (AvgIpc) is 2.21. The van der Waals surface area contributed by atoms with Crippen molar-refractivity contribution in [2.45, 2.75) is 38.3 Å². The van der Waals surface area contributed by atoms with Crippen molar-refractivity contribution >= 4 is 30.2 Å². The lowest BCUT2D eigenvalue weighted by Gasteiger charge is -2.16. The summed E-state index contributed by atoms with van der Waals surface area (Å²) in [5.74, 6) is -2.32. The monoisotopic (exact) mass is 267 g/mol. The van der Waals surface area contributed by atoms with E-state index in [9.17, 15) is 14.4 Å². The molecule has 6 N–H and O–H groups in total. The number of primary amides is 1. The summed E-state index contributed by atoms with van der Waals surface area (Å²) < 4.78 is 0. The van der Waals surface area contributed by atoms with Gasteiger partial charge in [-0.2, -0.15) is 0 Å². The summed E-state index contributed by atoms with van der Waals surface area (Å²) in [6.45, 7) is 1.72. The number of amides is 2. The van der Waals surface area contributed by atoms with E-state index in [4.69, 9.17) is 16.6 Å². The number of carbonyl (C=O) groups is 3. The first-order chi connectivity index (χ1) is 7.38. The lowest BCUT2D eigenvalue weighted by molar-refractivity contribution is -0.137. The van der Waals surface area contributed by atoms with Gasteiger partial charge in [-0.25, -0.2) is 0 Å². The highest BCUT2D eigenvalue weighted by Crippen LogP contribution is 1.98. The molecule has 0 aliphatic rings. The smallest absolute Gasteiger partial charge is 0.303 e. The third-order valence-corrected chi connectivity index (χ3v) is 2.08. The first kappa shape index (κ1) is 18.0. The molecule has 0 aliphatic heterocycles. The maximum absolute atomic E-state index is 11.3. The molecular formula is C9H18ClN3O4. The molecule has 2 atom stereocenters. The van der Waals surface area contributed by atoms with Crippen LogP contribution in [0.1, 0.15) is 26.2 Å². The van der Waals surface area contributed by atoms with E-state index in [0.29, 0.717) is 6.42 Å². The molecule has 0 bridgehead atoms. The zero-order valence-corrected chi connectivity index (χ0v) is 10.3. The first-order valence-corrected chi connectivity index (χ1v) is 4.95. The predicted octanol–water partition coefficient (Wildman–Crippen LogP) is -1.02. The Labute approximate surface area is 105 Å². The van der Waals surface area contributed by atoms with Crippen LogP contribution in [0, 0.1) is 0 Å². The van der Waals surface area contributed by atoms with E-state index in [1.807, 2.05) is 0 Å². The van der Waals surface area contributed by atoms with Gasteiger partial charge in [0.25, 0.3) is 0 Å². The molecule has 0 saturated carbocycles. The van der Waals surface area contributed by atoms with E-state index < -0.39 is 29.9 Å². The van der Waals surface area contributed by atoms with Crippen molar-refractivity contribution in [3.8, 4) is 0 Å². The number of carbonyl (C=O) groups excluding carboxylic acids is 2. The van der Waals surface area contributed by atoms with Crippen LogP contribution in [-0.2, 0) is 14.4 Å². The lowest BCUT2D eigenvalue weighted by Crippen LogP contribution is -2.50. The third kappa shape index (κ3) is 7.53. The SMILES string of the molecule is CCC(N)C(=O)NC(CCC(=O)O)C(N)=O.Cl. The minimum atomic E-state index is -1.06. The second kappa shape index (κ2) is 8.77. The maximum atomic E-state index is 11.3. The summed E-state index contributed by atoms with van der Waals surface area (Å²) >= 11 is 0. The highest BCUT2D eigenvalue weighted by Gasteiger charge is 2.21. The van der Waals surface area contributed by atoms with Crippen LogP contribution in [0.3, 0.4) is 0 Å². The second-order valence-electron chi connectivity index (χ2n) is 3.41. The summed E-state index contributed by atoms with van der Waals surface area (Å²) in [6, 6.07) is -1.70. The topological polar surface area (TPSA) is 136 Å². The Bertz CT molecular complexity index is 285. The normalized spacial score (nSPS) is 13.1. The van der Waals surface area contributed by atoms with Gasteiger partial charge in [0, 0.05) is 6.42 Å². The number of carboxylic acid groups (broad SMARTS) is 1. The van der Waals surface area contributed by atoms with Crippen LogP contribution in [0.5, 0.6) is 0 Å². The van der Waals surface area contributed by atoms with Crippen molar-refractivity contribution in [1.82, 2.24) is 5.32 Å². The van der Waals surface area contributed by atoms with Gasteiger partial charge >= 0.3 is 5.97 Å². The summed E-state index contributed by atoms with van der Waals surface area (Å²) in [4.78, 5) is 32.6. The van der Waals surface area contributed by atoms with Crippen LogP contribution in [0.4, 0.5) is 0 Å². The number of hydrogen-bond donors (Lipinski definition) is 4. The van der Waals surface area contributed by atoms with Crippen LogP contribution < -0.4 is 16.8 Å². The molecule has 0 rings (SSSR count). The lowest BCUT2D eigenvalue weighted by atomic mass is 10.1. The fourth-order valence-corrected chi connectivity index (χ4v) is 1.02. The first-order valence-electron chi connectivity index (χ1n) is 4.95. The second-order valence-corrected chi connectivity index (χ2v) is 3.41. The van der Waals surface area contributed by atoms with Gasteiger partial charge in [-0.15, -0.1) is 12.4 Å². The molecular weight excluding hydrogens is 250 g/mol. The van der Waals surface area contributed by atoms with E-state index in [0.717, 1.165) is 0 Å². The number of nitrogens with one attached hydrogen (secondary N) is 1. The zero-order valence-electron chi connectivity index (χ0n) is 9.51. The molecule has 100 valence electrons. The summed E-state index contributed by atoms with van der Waals surface area (Å²) in [5, 5.41) is 10.8. The molecule has 0 radical (unpaired) electrons. The Balaban J connectivity index is 0. The maximum Gasteiger partial charge on any atom is 0.303 e. The van der Waals surface area contributed by atoms with E-state index in [2.05, 4.69) is 5.32 Å². The Morgan fingerprint density at radius 3 is 2.24 bits per heavy atom. The molecule has 17 heavy (non-hydrogen) atoms. The predicted molar refractivity (Wildman–Crippen MR) is 63.5 cm³/mol. The number of rotatable bonds is 7. The molecule has 0 heterocycles. The fraction of sp³-hybridized carbons (Fsp3) is 0.667. The molecule has 0 saturated heterocycles. The Kier molecular flexibility index (Phi) is 9.31. The van der Waals surface area contributed by atoms with Crippen molar-refractivity contribution < 1.29 is 19.5 Å². The molecule has 0 aliphatic carbocycles. The van der Waals surface area contributed by atoms with Gasteiger partial charge in [-0.1, -0.05) is 6.92 Å². The minimum Gasteiger partial charge on any atom is -0.481 e. The van der Waals surface area contributed by atoms with Gasteiger partial charge in [0.05, 0.1) is 6.04 Å². The van der Waals surface area contributed by atoms with E-state index >= 15 is 0 Å². The van der Waals surface area contributed by atoms with Crippen LogP contribution in [0.25, 0.3) is 0 Å². The summed E-state index contributed by atoms with van der Waals surface area (Å²) in [5.41, 5.74) is 10.5. The van der Waals surface area contributed by atoms with Gasteiger partial charge < -0.3 is 21.9 Å². The molecule has 0 aromatic carbocycles. The molecule has 2 amide bonds.